The van der Waals surface area contributed by atoms with Crippen molar-refractivity contribution in [1.82, 2.24) is 0 Å². The highest BCUT2D eigenvalue weighted by Gasteiger charge is 2.35. The first-order chi connectivity index (χ1) is 12.6. The van der Waals surface area contributed by atoms with Gasteiger partial charge in [0.05, 0.1) is 5.69 Å². The van der Waals surface area contributed by atoms with E-state index in [1.54, 1.807) is 23.5 Å². The number of benzene rings is 2. The van der Waals surface area contributed by atoms with E-state index in [1.165, 1.54) is 4.90 Å². The molecule has 0 atom stereocenters. The van der Waals surface area contributed by atoms with Crippen LogP contribution in [0.2, 0.25) is 0 Å². The third-order valence-corrected chi connectivity index (χ3v) is 5.49. The summed E-state index contributed by atoms with van der Waals surface area (Å²) in [7, 11) is 0. The monoisotopic (exact) mass is 359 g/mol. The van der Waals surface area contributed by atoms with Crippen LogP contribution in [0, 0.1) is 13.8 Å². The van der Waals surface area contributed by atoms with Crippen LogP contribution in [0.3, 0.4) is 0 Å². The number of fused-ring (bicyclic) bond motifs is 1. The Bertz CT molecular complexity index is 1060. The van der Waals surface area contributed by atoms with Gasteiger partial charge in [0.25, 0.3) is 11.8 Å². The first-order valence-corrected chi connectivity index (χ1v) is 9.25. The minimum absolute atomic E-state index is 0.281. The zero-order valence-corrected chi connectivity index (χ0v) is 15.3. The van der Waals surface area contributed by atoms with Gasteiger partial charge in [-0.25, -0.2) is 4.90 Å². The van der Waals surface area contributed by atoms with Crippen molar-refractivity contribution in [2.45, 2.75) is 13.8 Å². The molecule has 0 fully saturated rings. The Morgan fingerprint density at radius 3 is 2.35 bits per heavy atom. The molecule has 4 rings (SSSR count). The van der Waals surface area contributed by atoms with E-state index in [9.17, 15) is 9.59 Å². The summed E-state index contributed by atoms with van der Waals surface area (Å²) in [4.78, 5) is 28.6. The van der Waals surface area contributed by atoms with Gasteiger partial charge < -0.3 is 0 Å². The predicted molar refractivity (Wildman–Crippen MR) is 106 cm³/mol. The molecule has 0 bridgehead atoms. The molecule has 2 aromatic carbocycles. The maximum Gasteiger partial charge on any atom is 0.266 e. The first-order valence-electron chi connectivity index (χ1n) is 8.37. The van der Waals surface area contributed by atoms with Crippen LogP contribution in [-0.2, 0) is 4.79 Å². The van der Waals surface area contributed by atoms with Crippen LogP contribution in [0.4, 0.5) is 5.69 Å². The van der Waals surface area contributed by atoms with Gasteiger partial charge in [0.15, 0.2) is 0 Å². The van der Waals surface area contributed by atoms with Crippen LogP contribution in [0.1, 0.15) is 31.9 Å². The first kappa shape index (κ1) is 16.5. The number of anilines is 1. The van der Waals surface area contributed by atoms with Crippen LogP contribution in [0.25, 0.3) is 11.6 Å². The molecule has 0 saturated heterocycles. The van der Waals surface area contributed by atoms with Crippen molar-refractivity contribution in [3.63, 3.8) is 0 Å². The molecule has 0 N–H and O–H groups in total. The highest BCUT2D eigenvalue weighted by atomic mass is 32.1. The van der Waals surface area contributed by atoms with Crippen LogP contribution < -0.4 is 4.90 Å². The Hall–Kier alpha value is -2.98. The Morgan fingerprint density at radius 1 is 0.885 bits per heavy atom. The van der Waals surface area contributed by atoms with Crippen molar-refractivity contribution in [3.8, 4) is 0 Å². The number of amides is 2. The number of hydrogen-bond donors (Lipinski definition) is 0. The normalized spacial score (nSPS) is 15.5. The molecule has 0 saturated carbocycles. The molecule has 0 unspecified atom stereocenters. The lowest BCUT2D eigenvalue weighted by Crippen LogP contribution is -2.41. The molecule has 128 valence electrons. The van der Waals surface area contributed by atoms with Crippen molar-refractivity contribution in [1.29, 1.82) is 0 Å². The van der Waals surface area contributed by atoms with Crippen molar-refractivity contribution in [2.75, 3.05) is 4.90 Å². The largest absolute Gasteiger partial charge is 0.268 e. The quantitative estimate of drug-likeness (QED) is 0.472. The van der Waals surface area contributed by atoms with Gasteiger partial charge in [-0.1, -0.05) is 30.3 Å². The average Bonchev–Trinajstić information content (AvgIpc) is 3.04. The number of rotatable bonds is 2. The second-order valence-corrected chi connectivity index (χ2v) is 7.30. The second-order valence-electron chi connectivity index (χ2n) is 6.36. The lowest BCUT2D eigenvalue weighted by molar-refractivity contribution is -0.112. The smallest absolute Gasteiger partial charge is 0.266 e. The number of carbonyl (C=O) groups excluding carboxylic acids is 2. The van der Waals surface area contributed by atoms with Gasteiger partial charge >= 0.3 is 0 Å². The molecule has 1 aliphatic heterocycles. The van der Waals surface area contributed by atoms with E-state index < -0.39 is 0 Å². The molecule has 2 amide bonds. The topological polar surface area (TPSA) is 37.4 Å². The van der Waals surface area contributed by atoms with Gasteiger partial charge in [-0.3, -0.25) is 9.59 Å². The molecule has 3 aromatic rings. The third kappa shape index (κ3) is 2.68. The van der Waals surface area contributed by atoms with Gasteiger partial charge in [0.1, 0.15) is 0 Å². The van der Waals surface area contributed by atoms with Crippen LogP contribution in [0.15, 0.2) is 60.0 Å². The molecule has 2 heterocycles. The Morgan fingerprint density at radius 2 is 1.65 bits per heavy atom. The fraction of sp³-hybridized carbons (Fsp3) is 0.0909. The number of nitrogens with zero attached hydrogens (tertiary/aromatic N) is 1. The molecule has 1 aromatic heterocycles. The SMILES string of the molecule is Cc1cccc(N2C(=O)/C(=C\c3sccc3C)c3ccccc3C2=O)c1. The number of carbonyl (C=O) groups is 2. The standard InChI is InChI=1S/C22H17NO2S/c1-14-6-5-7-16(12-14)23-21(24)18-9-4-3-8-17(18)19(22(23)25)13-20-15(2)10-11-26-20/h3-13H,1-2H3/b19-13-. The number of thiophene rings is 1. The predicted octanol–water partition coefficient (Wildman–Crippen LogP) is 5.09. The van der Waals surface area contributed by atoms with Gasteiger partial charge in [-0.05, 0) is 60.7 Å². The summed E-state index contributed by atoms with van der Waals surface area (Å²) in [6.45, 7) is 3.97. The van der Waals surface area contributed by atoms with Gasteiger partial charge in [-0.15, -0.1) is 11.3 Å². The molecule has 3 nitrogen and oxygen atoms in total. The van der Waals surface area contributed by atoms with Gasteiger partial charge in [-0.2, -0.15) is 0 Å². The lowest BCUT2D eigenvalue weighted by atomic mass is 9.92. The third-order valence-electron chi connectivity index (χ3n) is 4.52. The molecule has 0 spiro atoms. The Balaban J connectivity index is 1.93. The minimum atomic E-state index is -0.285. The summed E-state index contributed by atoms with van der Waals surface area (Å²) >= 11 is 1.59. The highest BCUT2D eigenvalue weighted by Crippen LogP contribution is 2.34. The fourth-order valence-corrected chi connectivity index (χ4v) is 4.02. The van der Waals surface area contributed by atoms with Crippen molar-refractivity contribution in [3.05, 3.63) is 87.1 Å². The molecular weight excluding hydrogens is 342 g/mol. The molecule has 0 radical (unpaired) electrons. The number of aryl methyl sites for hydroxylation is 2. The molecule has 1 aliphatic rings. The fourth-order valence-electron chi connectivity index (χ4n) is 3.16. The summed E-state index contributed by atoms with van der Waals surface area (Å²) in [5.41, 5.74) is 4.51. The molecule has 0 aliphatic carbocycles. The number of hydrogen-bond acceptors (Lipinski definition) is 3. The summed E-state index contributed by atoms with van der Waals surface area (Å²) in [6, 6.07) is 16.8. The number of imide groups is 1. The Kier molecular flexibility index (Phi) is 4.05. The van der Waals surface area contributed by atoms with Crippen LogP contribution >= 0.6 is 11.3 Å². The summed E-state index contributed by atoms with van der Waals surface area (Å²) in [6.07, 6.45) is 1.90. The van der Waals surface area contributed by atoms with E-state index in [0.717, 1.165) is 16.0 Å². The average molecular weight is 359 g/mol. The molecular formula is C22H17NO2S. The highest BCUT2D eigenvalue weighted by molar-refractivity contribution is 7.11. The zero-order chi connectivity index (χ0) is 18.3. The maximum atomic E-state index is 13.3. The van der Waals surface area contributed by atoms with E-state index in [-0.39, 0.29) is 11.8 Å². The van der Waals surface area contributed by atoms with E-state index in [0.29, 0.717) is 22.4 Å². The second kappa shape index (κ2) is 6.39. The van der Waals surface area contributed by atoms with E-state index in [4.69, 9.17) is 0 Å². The summed E-state index contributed by atoms with van der Waals surface area (Å²) < 4.78 is 0. The van der Waals surface area contributed by atoms with Gasteiger partial charge in [0.2, 0.25) is 0 Å². The summed E-state index contributed by atoms with van der Waals surface area (Å²) in [5.74, 6) is -0.566. The molecule has 4 heteroatoms. The Labute approximate surface area is 156 Å². The van der Waals surface area contributed by atoms with E-state index in [2.05, 4.69) is 0 Å². The van der Waals surface area contributed by atoms with Crippen LogP contribution in [0.5, 0.6) is 0 Å². The van der Waals surface area contributed by atoms with Crippen molar-refractivity contribution >= 4 is 40.5 Å². The van der Waals surface area contributed by atoms with Crippen molar-refractivity contribution in [2.24, 2.45) is 0 Å². The van der Waals surface area contributed by atoms with E-state index >= 15 is 0 Å². The maximum absolute atomic E-state index is 13.3. The molecule has 26 heavy (non-hydrogen) atoms. The van der Waals surface area contributed by atoms with E-state index in [1.807, 2.05) is 67.8 Å². The van der Waals surface area contributed by atoms with Crippen molar-refractivity contribution < 1.29 is 9.59 Å². The van der Waals surface area contributed by atoms with Crippen LogP contribution in [-0.4, -0.2) is 11.8 Å². The lowest BCUT2D eigenvalue weighted by Gasteiger charge is -2.28. The van der Waals surface area contributed by atoms with Gasteiger partial charge in [0, 0.05) is 21.6 Å². The summed E-state index contributed by atoms with van der Waals surface area (Å²) in [5, 5.41) is 2.00. The minimum Gasteiger partial charge on any atom is -0.268 e. The zero-order valence-electron chi connectivity index (χ0n) is 14.5.